The minimum Gasteiger partial charge on any atom is -0.508 e. The molecule has 1 aromatic carbocycles. The predicted octanol–water partition coefficient (Wildman–Crippen LogP) is 5.33. The van der Waals surface area contributed by atoms with Crippen LogP contribution in [0.15, 0.2) is 24.3 Å². The van der Waals surface area contributed by atoms with Crippen LogP contribution in [0.1, 0.15) is 65.2 Å². The van der Waals surface area contributed by atoms with Crippen LogP contribution in [-0.4, -0.2) is 11.1 Å². The topological polar surface area (TPSA) is 32.3 Å². The van der Waals surface area contributed by atoms with Crippen LogP contribution in [0.4, 0.5) is 5.69 Å². The van der Waals surface area contributed by atoms with Crippen molar-refractivity contribution in [2.75, 3.05) is 5.32 Å². The maximum atomic E-state index is 9.31. The first-order valence-corrected chi connectivity index (χ1v) is 7.81. The molecule has 0 aromatic heterocycles. The van der Waals surface area contributed by atoms with Gasteiger partial charge in [-0.2, -0.15) is 0 Å². The largest absolute Gasteiger partial charge is 0.508 e. The number of phenolic OH excluding ortho intramolecular Hbond substituents is 1. The Labute approximate surface area is 118 Å². The molecule has 0 unspecified atom stereocenters. The monoisotopic (exact) mass is 263 g/mol. The van der Waals surface area contributed by atoms with E-state index in [2.05, 4.69) is 19.2 Å². The van der Waals surface area contributed by atoms with Gasteiger partial charge >= 0.3 is 0 Å². The zero-order chi connectivity index (χ0) is 13.9. The number of unbranched alkanes of at least 4 members (excludes halogenated alkanes) is 4. The van der Waals surface area contributed by atoms with Crippen molar-refractivity contribution in [2.24, 2.45) is 0 Å². The van der Waals surface area contributed by atoms with Crippen molar-refractivity contribution in [2.45, 2.75) is 71.3 Å². The predicted molar refractivity (Wildman–Crippen MR) is 83.8 cm³/mol. The molecule has 0 saturated heterocycles. The Bertz CT molecular complexity index is 311. The van der Waals surface area contributed by atoms with Crippen LogP contribution in [0.2, 0.25) is 0 Å². The van der Waals surface area contributed by atoms with Crippen molar-refractivity contribution in [1.29, 1.82) is 0 Å². The minimum absolute atomic E-state index is 0.332. The molecule has 0 saturated carbocycles. The van der Waals surface area contributed by atoms with Gasteiger partial charge in [0.15, 0.2) is 0 Å². The van der Waals surface area contributed by atoms with Gasteiger partial charge in [-0.15, -0.1) is 0 Å². The normalized spacial score (nSPS) is 10.9. The highest BCUT2D eigenvalue weighted by Crippen LogP contribution is 2.19. The van der Waals surface area contributed by atoms with Gasteiger partial charge in [-0.1, -0.05) is 52.4 Å². The molecule has 1 aromatic rings. The number of hydrogen-bond donors (Lipinski definition) is 2. The second kappa shape index (κ2) is 9.71. The summed E-state index contributed by atoms with van der Waals surface area (Å²) in [6.45, 7) is 4.50. The first-order chi connectivity index (χ1) is 9.26. The second-order valence-electron chi connectivity index (χ2n) is 5.38. The van der Waals surface area contributed by atoms with Crippen LogP contribution < -0.4 is 5.32 Å². The molecular formula is C17H29NO. The number of aromatic hydroxyl groups is 1. The van der Waals surface area contributed by atoms with E-state index in [0.717, 1.165) is 5.69 Å². The zero-order valence-corrected chi connectivity index (χ0v) is 12.5. The fourth-order valence-corrected chi connectivity index (χ4v) is 2.36. The molecule has 0 aliphatic rings. The van der Waals surface area contributed by atoms with E-state index in [9.17, 15) is 5.11 Å². The lowest BCUT2D eigenvalue weighted by Gasteiger charge is -2.20. The smallest absolute Gasteiger partial charge is 0.115 e. The summed E-state index contributed by atoms with van der Waals surface area (Å²) in [4.78, 5) is 0. The first-order valence-electron chi connectivity index (χ1n) is 7.81. The summed E-state index contributed by atoms with van der Waals surface area (Å²) in [5.74, 6) is 0.332. The Morgan fingerprint density at radius 1 is 0.895 bits per heavy atom. The summed E-state index contributed by atoms with van der Waals surface area (Å²) < 4.78 is 0. The number of phenols is 1. The van der Waals surface area contributed by atoms with Gasteiger partial charge in [-0.05, 0) is 37.1 Å². The Morgan fingerprint density at radius 3 is 1.89 bits per heavy atom. The number of anilines is 1. The van der Waals surface area contributed by atoms with Gasteiger partial charge in [0.05, 0.1) is 0 Å². The lowest BCUT2D eigenvalue weighted by atomic mass is 10.0. The summed E-state index contributed by atoms with van der Waals surface area (Å²) in [6, 6.07) is 7.99. The highest BCUT2D eigenvalue weighted by Gasteiger charge is 2.08. The van der Waals surface area contributed by atoms with E-state index in [0.29, 0.717) is 11.8 Å². The third-order valence-electron chi connectivity index (χ3n) is 3.55. The van der Waals surface area contributed by atoms with Crippen LogP contribution >= 0.6 is 0 Å². The van der Waals surface area contributed by atoms with Crippen molar-refractivity contribution < 1.29 is 5.11 Å². The van der Waals surface area contributed by atoms with Gasteiger partial charge < -0.3 is 10.4 Å². The number of nitrogens with one attached hydrogen (secondary N) is 1. The van der Waals surface area contributed by atoms with Gasteiger partial charge in [-0.25, -0.2) is 0 Å². The molecule has 108 valence electrons. The van der Waals surface area contributed by atoms with Crippen LogP contribution in [0.5, 0.6) is 5.75 Å². The summed E-state index contributed by atoms with van der Waals surface area (Å²) in [5, 5.41) is 12.9. The van der Waals surface area contributed by atoms with E-state index in [4.69, 9.17) is 0 Å². The molecule has 0 heterocycles. The first kappa shape index (κ1) is 15.9. The summed E-state index contributed by atoms with van der Waals surface area (Å²) in [6.07, 6.45) is 10.3. The Balaban J connectivity index is 2.44. The van der Waals surface area contributed by atoms with Crippen LogP contribution in [0.25, 0.3) is 0 Å². The van der Waals surface area contributed by atoms with E-state index in [1.807, 2.05) is 12.1 Å². The van der Waals surface area contributed by atoms with Crippen molar-refractivity contribution in [1.82, 2.24) is 0 Å². The van der Waals surface area contributed by atoms with Gasteiger partial charge in [-0.3, -0.25) is 0 Å². The van der Waals surface area contributed by atoms with E-state index >= 15 is 0 Å². The zero-order valence-electron chi connectivity index (χ0n) is 12.5. The van der Waals surface area contributed by atoms with Crippen LogP contribution in [0, 0.1) is 0 Å². The Morgan fingerprint density at radius 2 is 1.42 bits per heavy atom. The fourth-order valence-electron chi connectivity index (χ4n) is 2.36. The van der Waals surface area contributed by atoms with Crippen LogP contribution in [-0.2, 0) is 0 Å². The molecule has 0 amide bonds. The number of hydrogen-bond acceptors (Lipinski definition) is 2. The highest BCUT2D eigenvalue weighted by atomic mass is 16.3. The van der Waals surface area contributed by atoms with E-state index in [-0.39, 0.29) is 0 Å². The molecule has 0 radical (unpaired) electrons. The summed E-state index contributed by atoms with van der Waals surface area (Å²) >= 11 is 0. The molecule has 1 rings (SSSR count). The average Bonchev–Trinajstić information content (AvgIpc) is 2.41. The summed E-state index contributed by atoms with van der Waals surface area (Å²) in [7, 11) is 0. The molecule has 0 spiro atoms. The van der Waals surface area contributed by atoms with E-state index in [1.165, 1.54) is 51.4 Å². The van der Waals surface area contributed by atoms with E-state index in [1.54, 1.807) is 12.1 Å². The molecule has 2 heteroatoms. The quantitative estimate of drug-likeness (QED) is 0.441. The molecule has 19 heavy (non-hydrogen) atoms. The third kappa shape index (κ3) is 7.09. The molecule has 0 fully saturated rings. The second-order valence-corrected chi connectivity index (χ2v) is 5.38. The minimum atomic E-state index is 0.332. The third-order valence-corrected chi connectivity index (χ3v) is 3.55. The lowest BCUT2D eigenvalue weighted by Crippen LogP contribution is -2.19. The maximum absolute atomic E-state index is 9.31. The van der Waals surface area contributed by atoms with Crippen molar-refractivity contribution >= 4 is 5.69 Å². The molecule has 0 atom stereocenters. The molecule has 0 aliphatic heterocycles. The van der Waals surface area contributed by atoms with Gasteiger partial charge in [0, 0.05) is 11.7 Å². The SMILES string of the molecule is CCCCCC(CCCCC)Nc1ccc(O)cc1. The van der Waals surface area contributed by atoms with Crippen molar-refractivity contribution in [3.63, 3.8) is 0 Å². The lowest BCUT2D eigenvalue weighted by molar-refractivity contribution is 0.475. The molecule has 0 bridgehead atoms. The number of rotatable bonds is 10. The fraction of sp³-hybridized carbons (Fsp3) is 0.647. The molecular weight excluding hydrogens is 234 g/mol. The Hall–Kier alpha value is -1.18. The molecule has 0 aliphatic carbocycles. The van der Waals surface area contributed by atoms with Gasteiger partial charge in [0.1, 0.15) is 5.75 Å². The summed E-state index contributed by atoms with van der Waals surface area (Å²) in [5.41, 5.74) is 1.12. The average molecular weight is 263 g/mol. The van der Waals surface area contributed by atoms with Crippen molar-refractivity contribution in [3.05, 3.63) is 24.3 Å². The highest BCUT2D eigenvalue weighted by molar-refractivity contribution is 5.46. The van der Waals surface area contributed by atoms with Crippen LogP contribution in [0.3, 0.4) is 0 Å². The standard InChI is InChI=1S/C17H29NO/c1-3-5-7-9-15(10-8-6-4-2)18-16-11-13-17(19)14-12-16/h11-15,18-19H,3-10H2,1-2H3. The van der Waals surface area contributed by atoms with E-state index < -0.39 is 0 Å². The molecule has 2 N–H and O–H groups in total. The maximum Gasteiger partial charge on any atom is 0.115 e. The van der Waals surface area contributed by atoms with Gasteiger partial charge in [0.25, 0.3) is 0 Å². The Kier molecular flexibility index (Phi) is 8.11. The van der Waals surface area contributed by atoms with Gasteiger partial charge in [0.2, 0.25) is 0 Å². The molecule has 2 nitrogen and oxygen atoms in total. The number of benzene rings is 1. The van der Waals surface area contributed by atoms with Crippen molar-refractivity contribution in [3.8, 4) is 5.75 Å².